The molecule has 0 atom stereocenters. The third-order valence-electron chi connectivity index (χ3n) is 2.87. The summed E-state index contributed by atoms with van der Waals surface area (Å²) < 4.78 is 0. The third-order valence-corrected chi connectivity index (χ3v) is 3.73. The minimum atomic E-state index is -0.225. The number of aromatic nitrogens is 3. The fourth-order valence-electron chi connectivity index (χ4n) is 1.85. The van der Waals surface area contributed by atoms with E-state index in [0.717, 1.165) is 4.88 Å². The van der Waals surface area contributed by atoms with Crippen molar-refractivity contribution in [1.29, 1.82) is 0 Å². The van der Waals surface area contributed by atoms with Gasteiger partial charge in [0.15, 0.2) is 0 Å². The second-order valence-corrected chi connectivity index (χ2v) is 5.40. The Balaban J connectivity index is 1.84. The first-order valence-corrected chi connectivity index (χ1v) is 6.99. The molecule has 2 aromatic heterocycles. The van der Waals surface area contributed by atoms with E-state index in [9.17, 15) is 4.79 Å². The van der Waals surface area contributed by atoms with Gasteiger partial charge in [-0.2, -0.15) is 0 Å². The van der Waals surface area contributed by atoms with Gasteiger partial charge in [0.25, 0.3) is 5.91 Å². The number of fused-ring (bicyclic) bond motifs is 1. The minimum Gasteiger partial charge on any atom is -0.334 e. The highest BCUT2D eigenvalue weighted by atomic mass is 32.1. The summed E-state index contributed by atoms with van der Waals surface area (Å²) >= 11 is 1.62. The molecule has 0 unspecified atom stereocenters. The van der Waals surface area contributed by atoms with Crippen molar-refractivity contribution in [2.75, 3.05) is 7.05 Å². The van der Waals surface area contributed by atoms with E-state index in [1.807, 2.05) is 41.8 Å². The van der Waals surface area contributed by atoms with Crippen molar-refractivity contribution in [1.82, 2.24) is 20.1 Å². The lowest BCUT2D eigenvalue weighted by molar-refractivity contribution is 0.0773. The largest absolute Gasteiger partial charge is 0.334 e. The quantitative estimate of drug-likeness (QED) is 0.741. The van der Waals surface area contributed by atoms with Gasteiger partial charge in [-0.3, -0.25) is 4.79 Å². The van der Waals surface area contributed by atoms with Crippen LogP contribution in [0.15, 0.2) is 41.8 Å². The summed E-state index contributed by atoms with van der Waals surface area (Å²) in [5.41, 5.74) is 1.36. The van der Waals surface area contributed by atoms with E-state index >= 15 is 0 Å². The van der Waals surface area contributed by atoms with Crippen molar-refractivity contribution in [3.05, 3.63) is 52.5 Å². The monoisotopic (exact) mass is 284 g/mol. The number of carbonyl (C=O) groups is 1. The lowest BCUT2D eigenvalue weighted by Gasteiger charge is -2.14. The smallest absolute Gasteiger partial charge is 0.293 e. The van der Waals surface area contributed by atoms with Gasteiger partial charge in [0.05, 0.1) is 12.1 Å². The van der Waals surface area contributed by atoms with E-state index in [2.05, 4.69) is 15.2 Å². The maximum absolute atomic E-state index is 12.3. The molecule has 1 aromatic carbocycles. The average Bonchev–Trinajstić information content (AvgIpc) is 2.99. The van der Waals surface area contributed by atoms with Crippen LogP contribution in [0.1, 0.15) is 15.5 Å². The molecule has 0 bridgehead atoms. The molecule has 3 rings (SSSR count). The van der Waals surface area contributed by atoms with E-state index in [0.29, 0.717) is 17.6 Å². The van der Waals surface area contributed by atoms with E-state index in [4.69, 9.17) is 0 Å². The Bertz CT molecular complexity index is 742. The van der Waals surface area contributed by atoms with Crippen molar-refractivity contribution in [2.45, 2.75) is 6.54 Å². The molecule has 0 saturated heterocycles. The van der Waals surface area contributed by atoms with Crippen molar-refractivity contribution in [3.63, 3.8) is 0 Å². The molecule has 0 radical (unpaired) electrons. The normalized spacial score (nSPS) is 10.7. The second-order valence-electron chi connectivity index (χ2n) is 4.36. The van der Waals surface area contributed by atoms with E-state index in [1.165, 1.54) is 0 Å². The fourth-order valence-corrected chi connectivity index (χ4v) is 2.61. The van der Waals surface area contributed by atoms with Crippen LogP contribution in [0.5, 0.6) is 0 Å². The van der Waals surface area contributed by atoms with Crippen molar-refractivity contribution < 1.29 is 4.79 Å². The van der Waals surface area contributed by atoms with Crippen LogP contribution in [0.2, 0.25) is 0 Å². The maximum Gasteiger partial charge on any atom is 0.293 e. The van der Waals surface area contributed by atoms with E-state index < -0.39 is 0 Å². The van der Waals surface area contributed by atoms with Crippen LogP contribution in [-0.2, 0) is 6.54 Å². The zero-order valence-corrected chi connectivity index (χ0v) is 11.7. The van der Waals surface area contributed by atoms with Gasteiger partial charge in [-0.15, -0.1) is 21.5 Å². The summed E-state index contributed by atoms with van der Waals surface area (Å²) in [5.74, 6) is -0.0978. The number of hydrogen-bond acceptors (Lipinski definition) is 5. The molecule has 100 valence electrons. The summed E-state index contributed by atoms with van der Waals surface area (Å²) in [6.45, 7) is 0.548. The molecule has 5 nitrogen and oxygen atoms in total. The number of para-hydroxylation sites is 1. The van der Waals surface area contributed by atoms with Crippen LogP contribution in [-0.4, -0.2) is 33.0 Å². The minimum absolute atomic E-state index is 0.128. The van der Waals surface area contributed by atoms with Crippen LogP contribution in [0.25, 0.3) is 11.0 Å². The zero-order chi connectivity index (χ0) is 13.9. The highest BCUT2D eigenvalue weighted by molar-refractivity contribution is 7.09. The van der Waals surface area contributed by atoms with Crippen LogP contribution >= 0.6 is 11.3 Å². The Morgan fingerprint density at radius 3 is 2.70 bits per heavy atom. The standard InChI is InChI=1S/C14H12N4OS/c1-18(9-10-5-4-8-20-10)14(19)13-15-11-6-2-3-7-12(11)16-17-13/h2-8H,9H2,1H3. The average molecular weight is 284 g/mol. The predicted molar refractivity (Wildman–Crippen MR) is 77.4 cm³/mol. The number of hydrogen-bond donors (Lipinski definition) is 0. The first kappa shape index (κ1) is 12.7. The van der Waals surface area contributed by atoms with Crippen LogP contribution in [0, 0.1) is 0 Å². The lowest BCUT2D eigenvalue weighted by atomic mass is 10.3. The van der Waals surface area contributed by atoms with Gasteiger partial charge in [-0.05, 0) is 23.6 Å². The molecule has 20 heavy (non-hydrogen) atoms. The molecule has 0 N–H and O–H groups in total. The highest BCUT2D eigenvalue weighted by Gasteiger charge is 2.16. The SMILES string of the molecule is CN(Cc1cccs1)C(=O)c1nnc2ccccc2n1. The topological polar surface area (TPSA) is 59.0 Å². The molecule has 0 fully saturated rings. The summed E-state index contributed by atoms with van der Waals surface area (Å²) in [5, 5.41) is 9.92. The van der Waals surface area contributed by atoms with Crippen molar-refractivity contribution in [3.8, 4) is 0 Å². The van der Waals surface area contributed by atoms with Crippen LogP contribution in [0.3, 0.4) is 0 Å². The molecule has 1 amide bonds. The molecule has 3 aromatic rings. The lowest BCUT2D eigenvalue weighted by Crippen LogP contribution is -2.27. The summed E-state index contributed by atoms with van der Waals surface area (Å²) in [7, 11) is 1.74. The maximum atomic E-state index is 12.3. The molecule has 0 aliphatic carbocycles. The number of thiophene rings is 1. The molecule has 2 heterocycles. The van der Waals surface area contributed by atoms with Gasteiger partial charge in [-0.1, -0.05) is 18.2 Å². The second kappa shape index (κ2) is 5.34. The van der Waals surface area contributed by atoms with E-state index in [-0.39, 0.29) is 11.7 Å². The van der Waals surface area contributed by atoms with Gasteiger partial charge in [0, 0.05) is 11.9 Å². The first-order valence-electron chi connectivity index (χ1n) is 6.11. The summed E-state index contributed by atoms with van der Waals surface area (Å²) in [4.78, 5) is 19.3. The molecule has 6 heteroatoms. The Kier molecular flexibility index (Phi) is 3.39. The molecule has 0 spiro atoms. The van der Waals surface area contributed by atoms with Gasteiger partial charge >= 0.3 is 0 Å². The first-order chi connectivity index (χ1) is 9.74. The highest BCUT2D eigenvalue weighted by Crippen LogP contribution is 2.13. The number of rotatable bonds is 3. The zero-order valence-electron chi connectivity index (χ0n) is 10.9. The van der Waals surface area contributed by atoms with Crippen LogP contribution in [0.4, 0.5) is 0 Å². The Morgan fingerprint density at radius 2 is 1.95 bits per heavy atom. The predicted octanol–water partition coefficient (Wildman–Crippen LogP) is 2.36. The van der Waals surface area contributed by atoms with Gasteiger partial charge < -0.3 is 4.90 Å². The molecule has 0 aliphatic heterocycles. The van der Waals surface area contributed by atoms with Gasteiger partial charge in [0.1, 0.15) is 5.52 Å². The number of nitrogens with zero attached hydrogens (tertiary/aromatic N) is 4. The van der Waals surface area contributed by atoms with Crippen molar-refractivity contribution in [2.24, 2.45) is 0 Å². The third kappa shape index (κ3) is 2.50. The van der Waals surface area contributed by atoms with Crippen LogP contribution < -0.4 is 0 Å². The summed E-state index contributed by atoms with van der Waals surface area (Å²) in [6.07, 6.45) is 0. The number of amides is 1. The number of carbonyl (C=O) groups excluding carboxylic acids is 1. The molecule has 0 aliphatic rings. The molecule has 0 saturated carbocycles. The van der Waals surface area contributed by atoms with Gasteiger partial charge in [0.2, 0.25) is 5.82 Å². The molecular formula is C14H12N4OS. The Labute approximate surface area is 119 Å². The molecular weight excluding hydrogens is 272 g/mol. The van der Waals surface area contributed by atoms with E-state index in [1.54, 1.807) is 23.3 Å². The Hall–Kier alpha value is -2.34. The fraction of sp³-hybridized carbons (Fsp3) is 0.143. The Morgan fingerprint density at radius 1 is 1.15 bits per heavy atom. The van der Waals surface area contributed by atoms with Gasteiger partial charge in [-0.25, -0.2) is 4.98 Å². The number of benzene rings is 1. The van der Waals surface area contributed by atoms with Crippen molar-refractivity contribution >= 4 is 28.3 Å². The summed E-state index contributed by atoms with van der Waals surface area (Å²) in [6, 6.07) is 11.3.